The first-order valence-corrected chi connectivity index (χ1v) is 11.9. The van der Waals surface area contributed by atoms with Crippen LogP contribution in [-0.2, 0) is 14.3 Å². The third kappa shape index (κ3) is 9.44. The van der Waals surface area contributed by atoms with Gasteiger partial charge in [0.05, 0.1) is 0 Å². The number of aryl methyl sites for hydroxylation is 2. The number of alkyl carbamates (subject to hydrolysis) is 1. The summed E-state index contributed by atoms with van der Waals surface area (Å²) in [6.45, 7) is 17.2. The molecule has 0 saturated heterocycles. The van der Waals surface area contributed by atoms with Crippen molar-refractivity contribution in [2.24, 2.45) is 0 Å². The third-order valence-corrected chi connectivity index (χ3v) is 5.23. The van der Waals surface area contributed by atoms with Crippen LogP contribution in [0.2, 0.25) is 0 Å². The van der Waals surface area contributed by atoms with Crippen LogP contribution in [0.4, 0.5) is 4.79 Å². The number of carbonyl (C=O) groups excluding carboxylic acids is 3. The lowest BCUT2D eigenvalue weighted by Gasteiger charge is -2.34. The van der Waals surface area contributed by atoms with Crippen LogP contribution in [-0.4, -0.2) is 47.0 Å². The van der Waals surface area contributed by atoms with Crippen LogP contribution in [0.5, 0.6) is 0 Å². The van der Waals surface area contributed by atoms with Crippen LogP contribution in [0.15, 0.2) is 18.2 Å². The van der Waals surface area contributed by atoms with E-state index in [1.54, 1.807) is 32.6 Å². The lowest BCUT2D eigenvalue weighted by atomic mass is 9.98. The summed E-state index contributed by atoms with van der Waals surface area (Å²) in [6.07, 6.45) is 2.02. The summed E-state index contributed by atoms with van der Waals surface area (Å²) in [5.74, 6) is -0.554. The predicted octanol–water partition coefficient (Wildman–Crippen LogP) is 4.80. The van der Waals surface area contributed by atoms with E-state index >= 15 is 0 Å². The molecule has 3 amide bonds. The molecule has 1 aromatic carbocycles. The Morgan fingerprint density at radius 1 is 1.00 bits per heavy atom. The number of carbonyl (C=O) groups is 3. The number of rotatable bonds is 10. The van der Waals surface area contributed by atoms with Gasteiger partial charge in [-0.05, 0) is 78.5 Å². The summed E-state index contributed by atoms with van der Waals surface area (Å²) in [6, 6.07) is 4.13. The fourth-order valence-electron chi connectivity index (χ4n) is 3.46. The van der Waals surface area contributed by atoms with Gasteiger partial charge in [0.1, 0.15) is 17.7 Å². The summed E-state index contributed by atoms with van der Waals surface area (Å²) in [5.41, 5.74) is 2.25. The van der Waals surface area contributed by atoms with E-state index in [2.05, 4.69) is 17.6 Å². The van der Waals surface area contributed by atoms with Crippen molar-refractivity contribution >= 4 is 17.9 Å². The van der Waals surface area contributed by atoms with Gasteiger partial charge in [-0.2, -0.15) is 0 Å². The largest absolute Gasteiger partial charge is 0.444 e. The van der Waals surface area contributed by atoms with E-state index in [9.17, 15) is 14.4 Å². The van der Waals surface area contributed by atoms with Crippen molar-refractivity contribution in [2.75, 3.05) is 6.54 Å². The molecular weight excluding hydrogens is 418 g/mol. The van der Waals surface area contributed by atoms with Gasteiger partial charge in [0.15, 0.2) is 0 Å². The molecule has 0 aliphatic heterocycles. The molecule has 0 aliphatic rings. The van der Waals surface area contributed by atoms with Crippen molar-refractivity contribution in [1.29, 1.82) is 0 Å². The average molecular weight is 462 g/mol. The highest BCUT2D eigenvalue weighted by Crippen LogP contribution is 2.25. The first-order chi connectivity index (χ1) is 15.3. The fourth-order valence-corrected chi connectivity index (χ4v) is 3.46. The van der Waals surface area contributed by atoms with Gasteiger partial charge in [-0.25, -0.2) is 4.79 Å². The molecule has 0 spiro atoms. The van der Waals surface area contributed by atoms with Crippen LogP contribution in [0.1, 0.15) is 90.5 Å². The number of nitrogens with one attached hydrogen (secondary N) is 2. The van der Waals surface area contributed by atoms with E-state index < -0.39 is 23.8 Å². The van der Waals surface area contributed by atoms with Gasteiger partial charge >= 0.3 is 6.09 Å². The van der Waals surface area contributed by atoms with Gasteiger partial charge in [0.25, 0.3) is 0 Å². The van der Waals surface area contributed by atoms with Crippen LogP contribution >= 0.6 is 0 Å². The monoisotopic (exact) mass is 461 g/mol. The molecule has 0 aromatic heterocycles. The van der Waals surface area contributed by atoms with Crippen molar-refractivity contribution in [2.45, 2.75) is 105 Å². The maximum absolute atomic E-state index is 13.6. The zero-order chi connectivity index (χ0) is 25.3. The minimum atomic E-state index is -0.845. The first kappa shape index (κ1) is 28.5. The molecule has 0 fully saturated rings. The molecule has 0 radical (unpaired) electrons. The molecule has 0 aliphatic carbocycles. The Morgan fingerprint density at radius 3 is 2.15 bits per heavy atom. The van der Waals surface area contributed by atoms with E-state index in [1.807, 2.05) is 45.9 Å². The van der Waals surface area contributed by atoms with Crippen molar-refractivity contribution in [3.05, 3.63) is 34.9 Å². The topological polar surface area (TPSA) is 87.7 Å². The Bertz CT molecular complexity index is 814. The Labute approximate surface area is 199 Å². The summed E-state index contributed by atoms with van der Waals surface area (Å²) in [5, 5.41) is 5.60. The van der Waals surface area contributed by atoms with Crippen LogP contribution in [0.3, 0.4) is 0 Å². The molecule has 2 N–H and O–H groups in total. The summed E-state index contributed by atoms with van der Waals surface area (Å²) >= 11 is 0. The van der Waals surface area contributed by atoms with Gasteiger partial charge in [-0.1, -0.05) is 38.0 Å². The lowest BCUT2D eigenvalue weighted by molar-refractivity contribution is -0.142. The molecule has 186 valence electrons. The Morgan fingerprint density at radius 2 is 1.64 bits per heavy atom. The summed E-state index contributed by atoms with van der Waals surface area (Å²) in [4.78, 5) is 40.8. The molecule has 0 heterocycles. The Balaban J connectivity index is 3.33. The van der Waals surface area contributed by atoms with Crippen LogP contribution < -0.4 is 10.6 Å². The second-order valence-corrected chi connectivity index (χ2v) is 10.0. The molecule has 7 heteroatoms. The number of amides is 3. The van der Waals surface area contributed by atoms with E-state index in [0.29, 0.717) is 6.54 Å². The van der Waals surface area contributed by atoms with Gasteiger partial charge in [0, 0.05) is 12.6 Å². The summed E-state index contributed by atoms with van der Waals surface area (Å²) < 4.78 is 5.31. The second kappa shape index (κ2) is 12.6. The molecule has 7 nitrogen and oxygen atoms in total. The molecule has 33 heavy (non-hydrogen) atoms. The quantitative estimate of drug-likeness (QED) is 0.490. The second-order valence-electron chi connectivity index (χ2n) is 10.0. The van der Waals surface area contributed by atoms with Crippen molar-refractivity contribution < 1.29 is 19.1 Å². The number of ether oxygens (including phenoxy) is 1. The molecule has 0 saturated carbocycles. The minimum absolute atomic E-state index is 0.0727. The molecule has 2 atom stereocenters. The minimum Gasteiger partial charge on any atom is -0.444 e. The van der Waals surface area contributed by atoms with Crippen molar-refractivity contribution in [3.63, 3.8) is 0 Å². The maximum Gasteiger partial charge on any atom is 0.408 e. The van der Waals surface area contributed by atoms with Crippen molar-refractivity contribution in [1.82, 2.24) is 15.5 Å². The standard InChI is InChI=1S/C26H43N3O4/c1-10-11-12-15-29(24(31)20(6)28-25(32)33-26(7,8)9)22(23(30)27-17(2)3)21-14-13-18(4)19(5)16-21/h13-14,16-17,20,22H,10-12,15H2,1-9H3,(H,27,30)(H,28,32). The smallest absolute Gasteiger partial charge is 0.408 e. The van der Waals surface area contributed by atoms with Gasteiger partial charge in [-0.3, -0.25) is 9.59 Å². The number of hydrogen-bond acceptors (Lipinski definition) is 4. The van der Waals surface area contributed by atoms with Gasteiger partial charge in [0.2, 0.25) is 11.8 Å². The fraction of sp³-hybridized carbons (Fsp3) is 0.654. The molecule has 2 unspecified atom stereocenters. The Kier molecular flexibility index (Phi) is 10.9. The maximum atomic E-state index is 13.6. The highest BCUT2D eigenvalue weighted by atomic mass is 16.6. The SMILES string of the molecule is CCCCCN(C(=O)C(C)NC(=O)OC(C)(C)C)C(C(=O)NC(C)C)c1ccc(C)c(C)c1. The lowest BCUT2D eigenvalue weighted by Crippen LogP contribution is -2.52. The molecule has 1 aromatic rings. The highest BCUT2D eigenvalue weighted by Gasteiger charge is 2.34. The van der Waals surface area contributed by atoms with Crippen molar-refractivity contribution in [3.8, 4) is 0 Å². The molecular formula is C26H43N3O4. The van der Waals surface area contributed by atoms with E-state index in [0.717, 1.165) is 36.0 Å². The summed E-state index contributed by atoms with van der Waals surface area (Å²) in [7, 11) is 0. The zero-order valence-corrected chi connectivity index (χ0v) is 21.9. The van der Waals surface area contributed by atoms with Gasteiger partial charge < -0.3 is 20.3 Å². The molecule has 1 rings (SSSR count). The van der Waals surface area contributed by atoms with E-state index in [4.69, 9.17) is 4.74 Å². The third-order valence-electron chi connectivity index (χ3n) is 5.23. The Hall–Kier alpha value is -2.57. The number of hydrogen-bond donors (Lipinski definition) is 2. The number of unbranched alkanes of at least 4 members (excludes halogenated alkanes) is 2. The number of nitrogens with zero attached hydrogens (tertiary/aromatic N) is 1. The molecule has 0 bridgehead atoms. The average Bonchev–Trinajstić information content (AvgIpc) is 2.67. The zero-order valence-electron chi connectivity index (χ0n) is 21.9. The van der Waals surface area contributed by atoms with Crippen LogP contribution in [0, 0.1) is 13.8 Å². The number of benzene rings is 1. The predicted molar refractivity (Wildman–Crippen MR) is 132 cm³/mol. The van der Waals surface area contributed by atoms with Gasteiger partial charge in [-0.15, -0.1) is 0 Å². The van der Waals surface area contributed by atoms with Crippen LogP contribution in [0.25, 0.3) is 0 Å². The first-order valence-electron chi connectivity index (χ1n) is 11.9. The van der Waals surface area contributed by atoms with E-state index in [1.165, 1.54) is 0 Å². The van der Waals surface area contributed by atoms with E-state index in [-0.39, 0.29) is 17.9 Å². The normalized spacial score (nSPS) is 13.3. The highest BCUT2D eigenvalue weighted by molar-refractivity contribution is 5.92.